The van der Waals surface area contributed by atoms with Crippen LogP contribution < -0.4 is 0 Å². The first kappa shape index (κ1) is 11.0. The third-order valence-electron chi connectivity index (χ3n) is 3.38. The molecule has 1 nitrogen and oxygen atoms in total. The Kier molecular flexibility index (Phi) is 2.77. The molecule has 1 unspecified atom stereocenters. The van der Waals surface area contributed by atoms with Crippen LogP contribution in [0, 0.1) is 0 Å². The van der Waals surface area contributed by atoms with Gasteiger partial charge in [-0.3, -0.25) is 0 Å². The third kappa shape index (κ3) is 2.03. The van der Waals surface area contributed by atoms with Gasteiger partial charge in [-0.05, 0) is 40.8 Å². The molecular formula is C15H13BrO. The average molecular weight is 289 g/mol. The van der Waals surface area contributed by atoms with E-state index in [0.717, 1.165) is 16.5 Å². The van der Waals surface area contributed by atoms with Gasteiger partial charge in [-0.1, -0.05) is 46.3 Å². The quantitative estimate of drug-likeness (QED) is 0.785. The van der Waals surface area contributed by atoms with Crippen molar-refractivity contribution in [3.8, 4) is 0 Å². The monoisotopic (exact) mass is 288 g/mol. The van der Waals surface area contributed by atoms with Gasteiger partial charge in [0.1, 0.15) is 0 Å². The van der Waals surface area contributed by atoms with Crippen molar-refractivity contribution in [2.75, 3.05) is 0 Å². The van der Waals surface area contributed by atoms with Crippen molar-refractivity contribution < 1.29 is 5.11 Å². The summed E-state index contributed by atoms with van der Waals surface area (Å²) in [4.78, 5) is 0. The van der Waals surface area contributed by atoms with Gasteiger partial charge in [0.15, 0.2) is 0 Å². The summed E-state index contributed by atoms with van der Waals surface area (Å²) in [6.45, 7) is 0. The third-order valence-corrected chi connectivity index (χ3v) is 3.87. The zero-order valence-corrected chi connectivity index (χ0v) is 10.9. The first-order chi connectivity index (χ1) is 8.24. The summed E-state index contributed by atoms with van der Waals surface area (Å²) in [7, 11) is 0. The number of benzene rings is 2. The lowest BCUT2D eigenvalue weighted by Gasteiger charge is -2.11. The van der Waals surface area contributed by atoms with E-state index >= 15 is 0 Å². The number of halogens is 1. The normalized spacial score (nSPS) is 18.1. The molecule has 86 valence electrons. The smallest absolute Gasteiger partial charge is 0.0833 e. The minimum Gasteiger partial charge on any atom is -0.388 e. The minimum absolute atomic E-state index is 0.397. The highest BCUT2D eigenvalue weighted by Crippen LogP contribution is 2.32. The Labute approximate surface area is 109 Å². The van der Waals surface area contributed by atoms with Crippen molar-refractivity contribution in [3.05, 3.63) is 69.2 Å². The Morgan fingerprint density at radius 2 is 1.76 bits per heavy atom. The first-order valence-corrected chi connectivity index (χ1v) is 6.56. The fourth-order valence-electron chi connectivity index (χ4n) is 2.49. The molecular weight excluding hydrogens is 276 g/mol. The summed E-state index contributed by atoms with van der Waals surface area (Å²) < 4.78 is 1.03. The van der Waals surface area contributed by atoms with Crippen LogP contribution in [0.1, 0.15) is 28.4 Å². The van der Waals surface area contributed by atoms with Crippen LogP contribution in [0.4, 0.5) is 0 Å². The van der Waals surface area contributed by atoms with E-state index in [0.29, 0.717) is 6.42 Å². The average Bonchev–Trinajstić information content (AvgIpc) is 2.46. The molecule has 2 aromatic carbocycles. The highest BCUT2D eigenvalue weighted by molar-refractivity contribution is 9.10. The summed E-state index contributed by atoms with van der Waals surface area (Å²) in [5.41, 5.74) is 4.86. The Hall–Kier alpha value is -1.12. The maximum absolute atomic E-state index is 10.3. The molecule has 0 saturated carbocycles. The minimum atomic E-state index is -0.397. The molecule has 17 heavy (non-hydrogen) atoms. The Morgan fingerprint density at radius 1 is 1.00 bits per heavy atom. The standard InChI is InChI=1S/C15H13BrO/c16-13-6-5-12-7-10-3-1-2-4-11(10)8-15(17)14(12)9-13/h1-6,9,15,17H,7-8H2. The van der Waals surface area contributed by atoms with Gasteiger partial charge in [0.25, 0.3) is 0 Å². The van der Waals surface area contributed by atoms with Gasteiger partial charge < -0.3 is 5.11 Å². The highest BCUT2D eigenvalue weighted by Gasteiger charge is 2.19. The first-order valence-electron chi connectivity index (χ1n) is 5.77. The molecule has 1 aliphatic carbocycles. The van der Waals surface area contributed by atoms with Crippen molar-refractivity contribution in [3.63, 3.8) is 0 Å². The van der Waals surface area contributed by atoms with Crippen molar-refractivity contribution in [2.45, 2.75) is 18.9 Å². The Morgan fingerprint density at radius 3 is 2.59 bits per heavy atom. The molecule has 2 heteroatoms. The fourth-order valence-corrected chi connectivity index (χ4v) is 2.87. The maximum Gasteiger partial charge on any atom is 0.0833 e. The van der Waals surface area contributed by atoms with Gasteiger partial charge in [0.05, 0.1) is 6.10 Å². The van der Waals surface area contributed by atoms with Crippen LogP contribution in [0.2, 0.25) is 0 Å². The topological polar surface area (TPSA) is 20.2 Å². The van der Waals surface area contributed by atoms with E-state index in [2.05, 4.69) is 40.2 Å². The molecule has 1 atom stereocenters. The number of rotatable bonds is 0. The van der Waals surface area contributed by atoms with Gasteiger partial charge in [-0.15, -0.1) is 0 Å². The maximum atomic E-state index is 10.3. The lowest BCUT2D eigenvalue weighted by Crippen LogP contribution is -2.01. The van der Waals surface area contributed by atoms with Crippen LogP contribution in [0.5, 0.6) is 0 Å². The number of aliphatic hydroxyl groups is 1. The van der Waals surface area contributed by atoms with E-state index in [4.69, 9.17) is 0 Å². The lowest BCUT2D eigenvalue weighted by molar-refractivity contribution is 0.178. The van der Waals surface area contributed by atoms with Crippen LogP contribution in [-0.4, -0.2) is 5.11 Å². The van der Waals surface area contributed by atoms with Gasteiger partial charge >= 0.3 is 0 Å². The number of aliphatic hydroxyl groups excluding tert-OH is 1. The molecule has 1 N–H and O–H groups in total. The Balaban J connectivity index is 2.14. The zero-order chi connectivity index (χ0) is 11.8. The van der Waals surface area contributed by atoms with E-state index in [1.54, 1.807) is 0 Å². The van der Waals surface area contributed by atoms with E-state index < -0.39 is 6.10 Å². The largest absolute Gasteiger partial charge is 0.388 e. The van der Waals surface area contributed by atoms with Crippen molar-refractivity contribution in [1.82, 2.24) is 0 Å². The second-order valence-corrected chi connectivity index (χ2v) is 5.42. The molecule has 0 bridgehead atoms. The molecule has 0 aromatic heterocycles. The lowest BCUT2D eigenvalue weighted by atomic mass is 10.0. The number of fused-ring (bicyclic) bond motifs is 2. The van der Waals surface area contributed by atoms with Crippen LogP contribution >= 0.6 is 15.9 Å². The molecule has 1 aliphatic rings. The van der Waals surface area contributed by atoms with E-state index in [-0.39, 0.29) is 0 Å². The predicted molar refractivity (Wildman–Crippen MR) is 72.1 cm³/mol. The van der Waals surface area contributed by atoms with Crippen molar-refractivity contribution in [2.24, 2.45) is 0 Å². The summed E-state index contributed by atoms with van der Waals surface area (Å²) >= 11 is 3.47. The summed E-state index contributed by atoms with van der Waals surface area (Å²) in [5.74, 6) is 0. The van der Waals surface area contributed by atoms with Gasteiger partial charge in [-0.2, -0.15) is 0 Å². The van der Waals surface area contributed by atoms with Crippen molar-refractivity contribution in [1.29, 1.82) is 0 Å². The molecule has 0 spiro atoms. The Bertz CT molecular complexity index is 563. The number of hydrogen-bond donors (Lipinski definition) is 1. The molecule has 0 aliphatic heterocycles. The van der Waals surface area contributed by atoms with E-state index in [1.807, 2.05) is 18.2 Å². The van der Waals surface area contributed by atoms with Crippen LogP contribution in [0.15, 0.2) is 46.9 Å². The molecule has 0 radical (unpaired) electrons. The summed E-state index contributed by atoms with van der Waals surface area (Å²) in [6.07, 6.45) is 1.22. The SMILES string of the molecule is OC1Cc2ccccc2Cc2ccc(Br)cc21. The molecule has 0 heterocycles. The predicted octanol–water partition coefficient (Wildman–Crippen LogP) is 3.63. The molecule has 0 saturated heterocycles. The van der Waals surface area contributed by atoms with Crippen molar-refractivity contribution >= 4 is 15.9 Å². The number of hydrogen-bond acceptors (Lipinski definition) is 1. The second kappa shape index (κ2) is 4.28. The second-order valence-electron chi connectivity index (χ2n) is 4.51. The van der Waals surface area contributed by atoms with Crippen LogP contribution in [0.25, 0.3) is 0 Å². The highest BCUT2D eigenvalue weighted by atomic mass is 79.9. The van der Waals surface area contributed by atoms with Crippen LogP contribution in [0.3, 0.4) is 0 Å². The molecule has 0 fully saturated rings. The van der Waals surface area contributed by atoms with Crippen LogP contribution in [-0.2, 0) is 12.8 Å². The van der Waals surface area contributed by atoms with E-state index in [1.165, 1.54) is 16.7 Å². The van der Waals surface area contributed by atoms with E-state index in [9.17, 15) is 5.11 Å². The fraction of sp³-hybridized carbons (Fsp3) is 0.200. The molecule has 2 aromatic rings. The van der Waals surface area contributed by atoms with Gasteiger partial charge in [0, 0.05) is 10.9 Å². The summed E-state index contributed by atoms with van der Waals surface area (Å²) in [6, 6.07) is 14.5. The van der Waals surface area contributed by atoms with Gasteiger partial charge in [0.2, 0.25) is 0 Å². The zero-order valence-electron chi connectivity index (χ0n) is 9.36. The molecule has 3 rings (SSSR count). The summed E-state index contributed by atoms with van der Waals surface area (Å²) in [5, 5.41) is 10.3. The van der Waals surface area contributed by atoms with Gasteiger partial charge in [-0.25, -0.2) is 0 Å². The molecule has 0 amide bonds.